The number of rotatable bonds is 6. The molecule has 2 atom stereocenters. The molecule has 5 rings (SSSR count). The summed E-state index contributed by atoms with van der Waals surface area (Å²) in [6, 6.07) is 24.6. The number of para-hydroxylation sites is 1. The second-order valence-electron chi connectivity index (χ2n) is 10.9. The Morgan fingerprint density at radius 1 is 0.950 bits per heavy atom. The Kier molecular flexibility index (Phi) is 8.64. The number of fused-ring (bicyclic) bond motifs is 3. The van der Waals surface area contributed by atoms with Crippen LogP contribution >= 0.6 is 0 Å². The summed E-state index contributed by atoms with van der Waals surface area (Å²) in [5.41, 5.74) is 3.16. The van der Waals surface area contributed by atoms with Crippen molar-refractivity contribution in [1.82, 2.24) is 9.80 Å². The fourth-order valence-corrected chi connectivity index (χ4v) is 5.96. The number of amides is 1. The second-order valence-corrected chi connectivity index (χ2v) is 10.9. The number of halogens is 3. The third-order valence-corrected chi connectivity index (χ3v) is 8.21. The molecule has 0 aromatic heterocycles. The highest BCUT2D eigenvalue weighted by Gasteiger charge is 2.35. The van der Waals surface area contributed by atoms with E-state index in [-0.39, 0.29) is 18.4 Å². The SMILES string of the molecule is CN(CCC(=O)N1Cc2ccccc2NCC[C@@H]2CC[C@H](C1)N2Cc1ccccc1)c1cccc(C(F)(F)F)c1. The van der Waals surface area contributed by atoms with Crippen LogP contribution in [0.1, 0.15) is 42.4 Å². The minimum absolute atomic E-state index is 0.0102. The molecule has 2 aliphatic rings. The molecule has 1 fully saturated rings. The third kappa shape index (κ3) is 6.78. The van der Waals surface area contributed by atoms with E-state index in [0.29, 0.717) is 31.4 Å². The molecular weight excluding hydrogens is 513 g/mol. The standard InChI is InChI=1S/C32H37F3N4O/c1-37(28-12-7-11-26(20-28)32(33,34)35)19-17-31(40)38-22-25-10-5-6-13-30(25)36-18-16-27-14-15-29(23-38)39(27)21-24-8-3-2-4-9-24/h2-13,20,27,29,36H,14-19,21-23H2,1H3/t27-,29+/m0/s1. The van der Waals surface area contributed by atoms with Crippen LogP contribution in [-0.2, 0) is 24.1 Å². The average Bonchev–Trinajstić information content (AvgIpc) is 3.31. The molecule has 0 aliphatic carbocycles. The smallest absolute Gasteiger partial charge is 0.385 e. The molecule has 5 nitrogen and oxygen atoms in total. The first-order valence-electron chi connectivity index (χ1n) is 14.1. The van der Waals surface area contributed by atoms with Crippen molar-refractivity contribution >= 4 is 17.3 Å². The molecule has 2 bridgehead atoms. The van der Waals surface area contributed by atoms with Gasteiger partial charge in [0.25, 0.3) is 0 Å². The van der Waals surface area contributed by atoms with Gasteiger partial charge in [0.1, 0.15) is 0 Å². The zero-order valence-electron chi connectivity index (χ0n) is 22.9. The molecule has 3 aromatic rings. The number of nitrogens with zero attached hydrogens (tertiary/aromatic N) is 3. The molecule has 0 unspecified atom stereocenters. The molecule has 2 heterocycles. The predicted octanol–water partition coefficient (Wildman–Crippen LogP) is 6.41. The molecular formula is C32H37F3N4O. The molecule has 1 N–H and O–H groups in total. The molecule has 0 spiro atoms. The fourth-order valence-electron chi connectivity index (χ4n) is 5.96. The van der Waals surface area contributed by atoms with Crippen molar-refractivity contribution < 1.29 is 18.0 Å². The summed E-state index contributed by atoms with van der Waals surface area (Å²) < 4.78 is 39.7. The van der Waals surface area contributed by atoms with E-state index in [4.69, 9.17) is 0 Å². The van der Waals surface area contributed by atoms with Crippen LogP contribution in [0.2, 0.25) is 0 Å². The van der Waals surface area contributed by atoms with Crippen molar-refractivity contribution in [3.05, 3.63) is 95.6 Å². The van der Waals surface area contributed by atoms with E-state index >= 15 is 0 Å². The summed E-state index contributed by atoms with van der Waals surface area (Å²) in [6.07, 6.45) is -1.02. The zero-order valence-corrected chi connectivity index (χ0v) is 22.9. The first kappa shape index (κ1) is 28.0. The third-order valence-electron chi connectivity index (χ3n) is 8.21. The van der Waals surface area contributed by atoms with E-state index in [2.05, 4.69) is 46.6 Å². The van der Waals surface area contributed by atoms with Crippen molar-refractivity contribution in [2.45, 2.75) is 57.0 Å². The van der Waals surface area contributed by atoms with Gasteiger partial charge in [-0.2, -0.15) is 13.2 Å². The van der Waals surface area contributed by atoms with Gasteiger partial charge in [0.15, 0.2) is 0 Å². The highest BCUT2D eigenvalue weighted by atomic mass is 19.4. The summed E-state index contributed by atoms with van der Waals surface area (Å²) in [4.78, 5) is 20.0. The number of benzene rings is 3. The molecule has 40 heavy (non-hydrogen) atoms. The molecule has 212 valence electrons. The second kappa shape index (κ2) is 12.3. The molecule has 2 aliphatic heterocycles. The highest BCUT2D eigenvalue weighted by Crippen LogP contribution is 2.33. The van der Waals surface area contributed by atoms with E-state index in [1.165, 1.54) is 11.6 Å². The lowest BCUT2D eigenvalue weighted by molar-refractivity contribution is -0.137. The lowest BCUT2D eigenvalue weighted by atomic mass is 10.1. The topological polar surface area (TPSA) is 38.8 Å². The number of carbonyl (C=O) groups is 1. The van der Waals surface area contributed by atoms with E-state index in [1.807, 2.05) is 23.1 Å². The maximum atomic E-state index is 13.7. The van der Waals surface area contributed by atoms with Gasteiger partial charge in [0.2, 0.25) is 5.91 Å². The molecule has 0 saturated carbocycles. The van der Waals surface area contributed by atoms with E-state index < -0.39 is 11.7 Å². The maximum Gasteiger partial charge on any atom is 0.416 e. The van der Waals surface area contributed by atoms with Crippen molar-refractivity contribution in [1.29, 1.82) is 0 Å². The number of hydrogen-bond acceptors (Lipinski definition) is 4. The van der Waals surface area contributed by atoms with Crippen molar-refractivity contribution in [2.75, 3.05) is 36.9 Å². The van der Waals surface area contributed by atoms with Crippen LogP contribution < -0.4 is 10.2 Å². The number of nitrogens with one attached hydrogen (secondary N) is 1. The summed E-state index contributed by atoms with van der Waals surface area (Å²) in [5, 5.41) is 3.61. The van der Waals surface area contributed by atoms with Crippen LogP contribution in [0.15, 0.2) is 78.9 Å². The van der Waals surface area contributed by atoms with E-state index in [1.54, 1.807) is 18.0 Å². The first-order valence-corrected chi connectivity index (χ1v) is 14.1. The zero-order chi connectivity index (χ0) is 28.1. The Balaban J connectivity index is 1.34. The van der Waals surface area contributed by atoms with Crippen LogP contribution in [0, 0.1) is 0 Å². The van der Waals surface area contributed by atoms with Gasteiger partial charge < -0.3 is 15.1 Å². The fraction of sp³-hybridized carbons (Fsp3) is 0.406. The van der Waals surface area contributed by atoms with Crippen LogP contribution in [-0.4, -0.2) is 54.5 Å². The largest absolute Gasteiger partial charge is 0.416 e. The minimum atomic E-state index is -4.40. The van der Waals surface area contributed by atoms with Crippen LogP contribution in [0.4, 0.5) is 24.5 Å². The monoisotopic (exact) mass is 550 g/mol. The van der Waals surface area contributed by atoms with Gasteiger partial charge in [0, 0.05) is 69.7 Å². The lowest BCUT2D eigenvalue weighted by Crippen LogP contribution is -2.45. The lowest BCUT2D eigenvalue weighted by Gasteiger charge is -2.34. The molecule has 1 saturated heterocycles. The van der Waals surface area contributed by atoms with Gasteiger partial charge in [-0.1, -0.05) is 54.6 Å². The number of anilines is 2. The Bertz CT molecular complexity index is 1280. The summed E-state index contributed by atoms with van der Waals surface area (Å²) in [7, 11) is 1.73. The summed E-state index contributed by atoms with van der Waals surface area (Å²) >= 11 is 0. The average molecular weight is 551 g/mol. The highest BCUT2D eigenvalue weighted by molar-refractivity contribution is 5.77. The molecule has 0 radical (unpaired) electrons. The van der Waals surface area contributed by atoms with Gasteiger partial charge in [-0.05, 0) is 54.7 Å². The van der Waals surface area contributed by atoms with E-state index in [9.17, 15) is 18.0 Å². The number of carbonyl (C=O) groups excluding carboxylic acids is 1. The Hall–Kier alpha value is -3.52. The summed E-state index contributed by atoms with van der Waals surface area (Å²) in [6.45, 7) is 3.18. The van der Waals surface area contributed by atoms with Crippen LogP contribution in [0.3, 0.4) is 0 Å². The predicted molar refractivity (Wildman–Crippen MR) is 153 cm³/mol. The minimum Gasteiger partial charge on any atom is -0.385 e. The van der Waals surface area contributed by atoms with Gasteiger partial charge in [-0.15, -0.1) is 0 Å². The quantitative estimate of drug-likeness (QED) is 0.385. The Labute approximate surface area is 234 Å². The number of alkyl halides is 3. The van der Waals surface area contributed by atoms with Gasteiger partial charge >= 0.3 is 6.18 Å². The Morgan fingerprint density at radius 3 is 2.50 bits per heavy atom. The van der Waals surface area contributed by atoms with Crippen molar-refractivity contribution in [2.24, 2.45) is 0 Å². The van der Waals surface area contributed by atoms with E-state index in [0.717, 1.165) is 55.7 Å². The summed E-state index contributed by atoms with van der Waals surface area (Å²) in [5.74, 6) is 0.0102. The van der Waals surface area contributed by atoms with Crippen LogP contribution in [0.5, 0.6) is 0 Å². The van der Waals surface area contributed by atoms with Gasteiger partial charge in [-0.3, -0.25) is 9.69 Å². The first-order chi connectivity index (χ1) is 19.3. The van der Waals surface area contributed by atoms with Crippen LogP contribution in [0.25, 0.3) is 0 Å². The molecule has 1 amide bonds. The molecule has 8 heteroatoms. The van der Waals surface area contributed by atoms with Crippen molar-refractivity contribution in [3.63, 3.8) is 0 Å². The number of hydrogen-bond donors (Lipinski definition) is 1. The Morgan fingerprint density at radius 2 is 1.70 bits per heavy atom. The maximum absolute atomic E-state index is 13.7. The van der Waals surface area contributed by atoms with Gasteiger partial charge in [0.05, 0.1) is 5.56 Å². The molecule has 3 aromatic carbocycles. The van der Waals surface area contributed by atoms with Crippen molar-refractivity contribution in [3.8, 4) is 0 Å². The normalized spacial score (nSPS) is 19.9. The van der Waals surface area contributed by atoms with Gasteiger partial charge in [-0.25, -0.2) is 0 Å².